The van der Waals surface area contributed by atoms with Crippen LogP contribution in [0.3, 0.4) is 0 Å². The van der Waals surface area contributed by atoms with Crippen LogP contribution in [0.2, 0.25) is 0 Å². The molecule has 2 heteroatoms. The molecule has 0 aromatic carbocycles. The largest absolute Gasteiger partial charge is 0.399 e. The average Bonchev–Trinajstić information content (AvgIpc) is 2.64. The number of oxime groups is 1. The van der Waals surface area contributed by atoms with Crippen LogP contribution < -0.4 is 0 Å². The van der Waals surface area contributed by atoms with Crippen LogP contribution in [-0.4, -0.2) is 12.8 Å². The van der Waals surface area contributed by atoms with Crippen LogP contribution >= 0.6 is 0 Å². The highest BCUT2D eigenvalue weighted by Gasteiger charge is 2.39. The Hall–Kier alpha value is -0.530. The van der Waals surface area contributed by atoms with Gasteiger partial charge in [0.2, 0.25) is 0 Å². The number of rotatable bonds is 2. The highest BCUT2D eigenvalue weighted by atomic mass is 16.6. The summed E-state index contributed by atoms with van der Waals surface area (Å²) < 4.78 is 0. The fourth-order valence-corrected chi connectivity index (χ4v) is 1.68. The molecule has 10 heavy (non-hydrogen) atoms. The fourth-order valence-electron chi connectivity index (χ4n) is 1.68. The molecule has 56 valence electrons. The maximum atomic E-state index is 4.74. The Morgan fingerprint density at radius 3 is 2.60 bits per heavy atom. The normalized spacial score (nSPS) is 35.7. The zero-order valence-electron chi connectivity index (χ0n) is 6.34. The lowest BCUT2D eigenvalue weighted by molar-refractivity contribution is 0.205. The predicted octanol–water partition coefficient (Wildman–Crippen LogP) is 1.81. The van der Waals surface area contributed by atoms with Gasteiger partial charge in [-0.15, -0.1) is 0 Å². The molecule has 0 saturated heterocycles. The van der Waals surface area contributed by atoms with E-state index in [4.69, 9.17) is 4.84 Å². The summed E-state index contributed by atoms with van der Waals surface area (Å²) in [6.45, 7) is 0. The highest BCUT2D eigenvalue weighted by Crippen LogP contribution is 2.45. The van der Waals surface area contributed by atoms with E-state index >= 15 is 0 Å². The van der Waals surface area contributed by atoms with E-state index in [2.05, 4.69) is 5.16 Å². The second kappa shape index (κ2) is 2.26. The van der Waals surface area contributed by atoms with Gasteiger partial charge in [0, 0.05) is 5.92 Å². The molecule has 2 aliphatic carbocycles. The van der Waals surface area contributed by atoms with Crippen molar-refractivity contribution in [3.63, 3.8) is 0 Å². The monoisotopic (exact) mass is 139 g/mol. The minimum Gasteiger partial charge on any atom is -0.399 e. The lowest BCUT2D eigenvalue weighted by Gasteiger charge is -2.26. The molecule has 2 nitrogen and oxygen atoms in total. The molecule has 2 aliphatic rings. The quantitative estimate of drug-likeness (QED) is 0.535. The van der Waals surface area contributed by atoms with E-state index in [1.54, 1.807) is 7.11 Å². The molecule has 0 aromatic rings. The van der Waals surface area contributed by atoms with Gasteiger partial charge in [-0.05, 0) is 31.6 Å². The lowest BCUT2D eigenvalue weighted by atomic mass is 9.79. The average molecular weight is 139 g/mol. The molecule has 0 spiro atoms. The summed E-state index contributed by atoms with van der Waals surface area (Å²) in [4.78, 5) is 4.74. The van der Waals surface area contributed by atoms with Gasteiger partial charge < -0.3 is 4.84 Å². The first-order valence-corrected chi connectivity index (χ1v) is 4.01. The van der Waals surface area contributed by atoms with E-state index in [1.165, 1.54) is 31.4 Å². The molecule has 0 radical (unpaired) electrons. The highest BCUT2D eigenvalue weighted by molar-refractivity contribution is 5.91. The van der Waals surface area contributed by atoms with Crippen molar-refractivity contribution in [3.8, 4) is 0 Å². The van der Waals surface area contributed by atoms with E-state index < -0.39 is 0 Å². The van der Waals surface area contributed by atoms with Gasteiger partial charge in [0.25, 0.3) is 0 Å². The molecule has 1 atom stereocenters. The molecule has 0 heterocycles. The third kappa shape index (κ3) is 0.917. The molecule has 0 aliphatic heterocycles. The minimum atomic E-state index is 0.806. The summed E-state index contributed by atoms with van der Waals surface area (Å²) in [5.74, 6) is 1.78. The lowest BCUT2D eigenvalue weighted by Crippen LogP contribution is -2.27. The Labute approximate surface area is 61.2 Å². The van der Waals surface area contributed by atoms with Crippen LogP contribution in [0.25, 0.3) is 0 Å². The van der Waals surface area contributed by atoms with Crippen molar-refractivity contribution in [2.24, 2.45) is 17.0 Å². The van der Waals surface area contributed by atoms with Crippen molar-refractivity contribution in [1.29, 1.82) is 0 Å². The zero-order valence-corrected chi connectivity index (χ0v) is 6.34. The Bertz CT molecular complexity index is 161. The van der Waals surface area contributed by atoms with Crippen molar-refractivity contribution in [2.75, 3.05) is 7.11 Å². The van der Waals surface area contributed by atoms with Crippen molar-refractivity contribution in [2.45, 2.75) is 25.7 Å². The molecule has 2 fully saturated rings. The van der Waals surface area contributed by atoms with E-state index in [1.807, 2.05) is 0 Å². The van der Waals surface area contributed by atoms with Crippen LogP contribution in [-0.2, 0) is 4.84 Å². The molecule has 2 rings (SSSR count). The third-order valence-corrected chi connectivity index (χ3v) is 2.54. The summed E-state index contributed by atoms with van der Waals surface area (Å²) in [5.41, 5.74) is 1.31. The first kappa shape index (κ1) is 6.20. The first-order chi connectivity index (χ1) is 4.92. The summed E-state index contributed by atoms with van der Waals surface area (Å²) in [6.07, 6.45) is 5.38. The Balaban J connectivity index is 1.92. The molecule has 0 amide bonds. The van der Waals surface area contributed by atoms with Crippen LogP contribution in [0.1, 0.15) is 25.7 Å². The van der Waals surface area contributed by atoms with Crippen LogP contribution in [0, 0.1) is 11.8 Å². The number of nitrogens with zero attached hydrogens (tertiary/aromatic N) is 1. The fraction of sp³-hybridized carbons (Fsp3) is 0.875. The molecule has 0 bridgehead atoms. The van der Waals surface area contributed by atoms with Gasteiger partial charge in [0.15, 0.2) is 0 Å². The SMILES string of the molecule is CO/N=C1/CCC1C1CC1. The van der Waals surface area contributed by atoms with Gasteiger partial charge in [0.05, 0.1) is 5.71 Å². The first-order valence-electron chi connectivity index (χ1n) is 4.01. The smallest absolute Gasteiger partial charge is 0.106 e. The van der Waals surface area contributed by atoms with Crippen LogP contribution in [0.5, 0.6) is 0 Å². The number of hydrogen-bond donors (Lipinski definition) is 0. The van der Waals surface area contributed by atoms with Gasteiger partial charge in [0.1, 0.15) is 7.11 Å². The van der Waals surface area contributed by atoms with Crippen molar-refractivity contribution in [3.05, 3.63) is 0 Å². The van der Waals surface area contributed by atoms with Crippen molar-refractivity contribution < 1.29 is 4.84 Å². The van der Waals surface area contributed by atoms with Gasteiger partial charge in [-0.3, -0.25) is 0 Å². The molecular formula is C8H13NO. The standard InChI is InChI=1S/C8H13NO/c1-10-9-8-5-4-7(8)6-2-3-6/h6-7H,2-5H2,1H3/b9-8-. The van der Waals surface area contributed by atoms with Gasteiger partial charge >= 0.3 is 0 Å². The third-order valence-electron chi connectivity index (χ3n) is 2.54. The molecule has 1 unspecified atom stereocenters. The summed E-state index contributed by atoms with van der Waals surface area (Å²) in [7, 11) is 1.63. The second-order valence-electron chi connectivity index (χ2n) is 3.25. The zero-order chi connectivity index (χ0) is 6.97. The summed E-state index contributed by atoms with van der Waals surface area (Å²) >= 11 is 0. The van der Waals surface area contributed by atoms with Crippen LogP contribution in [0.15, 0.2) is 5.16 Å². The molecule has 0 aromatic heterocycles. The van der Waals surface area contributed by atoms with E-state index in [-0.39, 0.29) is 0 Å². The van der Waals surface area contributed by atoms with Crippen molar-refractivity contribution >= 4 is 5.71 Å². The van der Waals surface area contributed by atoms with Crippen LogP contribution in [0.4, 0.5) is 0 Å². The topological polar surface area (TPSA) is 21.6 Å². The maximum absolute atomic E-state index is 4.74. The molecule has 0 N–H and O–H groups in total. The Morgan fingerprint density at radius 1 is 1.40 bits per heavy atom. The van der Waals surface area contributed by atoms with Gasteiger partial charge in [-0.25, -0.2) is 0 Å². The van der Waals surface area contributed by atoms with E-state index in [0.717, 1.165) is 11.8 Å². The maximum Gasteiger partial charge on any atom is 0.106 e. The Morgan fingerprint density at radius 2 is 2.20 bits per heavy atom. The molecule has 2 saturated carbocycles. The minimum absolute atomic E-state index is 0.806. The van der Waals surface area contributed by atoms with E-state index in [9.17, 15) is 0 Å². The van der Waals surface area contributed by atoms with Gasteiger partial charge in [-0.1, -0.05) is 5.16 Å². The summed E-state index contributed by atoms with van der Waals surface area (Å²) in [6, 6.07) is 0. The van der Waals surface area contributed by atoms with Gasteiger partial charge in [-0.2, -0.15) is 0 Å². The van der Waals surface area contributed by atoms with E-state index in [0.29, 0.717) is 0 Å². The molecular weight excluding hydrogens is 126 g/mol. The predicted molar refractivity (Wildman–Crippen MR) is 39.9 cm³/mol. The van der Waals surface area contributed by atoms with Crippen molar-refractivity contribution in [1.82, 2.24) is 0 Å². The number of hydrogen-bond acceptors (Lipinski definition) is 2. The summed E-state index contributed by atoms with van der Waals surface area (Å²) in [5, 5.41) is 3.99. The Kier molecular flexibility index (Phi) is 1.40. The second-order valence-corrected chi connectivity index (χ2v) is 3.25.